The van der Waals surface area contributed by atoms with Crippen molar-refractivity contribution in [2.24, 2.45) is 0 Å². The maximum atomic E-state index is 12.1. The molecule has 2 unspecified atom stereocenters. The molecule has 22 heavy (non-hydrogen) atoms. The highest BCUT2D eigenvalue weighted by atomic mass is 35.5. The highest BCUT2D eigenvalue weighted by Gasteiger charge is 2.34. The first-order chi connectivity index (χ1) is 9.76. The van der Waals surface area contributed by atoms with Crippen molar-refractivity contribution in [2.75, 3.05) is 12.4 Å². The molecule has 0 aromatic heterocycles. The second-order valence-electron chi connectivity index (χ2n) is 6.86. The molecule has 0 aliphatic carbocycles. The highest BCUT2D eigenvalue weighted by Crippen LogP contribution is 2.15. The first-order valence-corrected chi connectivity index (χ1v) is 7.46. The first-order valence-electron chi connectivity index (χ1n) is 6.92. The number of nitrogens with zero attached hydrogens (tertiary/aromatic N) is 1. The summed E-state index contributed by atoms with van der Waals surface area (Å²) in [6.07, 6.45) is -4.63. The molecule has 0 aliphatic heterocycles. The lowest BCUT2D eigenvalue weighted by molar-refractivity contribution is -0.0234. The van der Waals surface area contributed by atoms with Gasteiger partial charge in [0.1, 0.15) is 11.2 Å². The number of imide groups is 1. The summed E-state index contributed by atoms with van der Waals surface area (Å²) in [5, 5.41) is 19.3. The average Bonchev–Trinajstić information content (AvgIpc) is 2.29. The number of hydrogen-bond donors (Lipinski definition) is 2. The molecule has 0 aliphatic rings. The molecule has 0 heterocycles. The lowest BCUT2D eigenvalue weighted by Gasteiger charge is -2.30. The Kier molecular flexibility index (Phi) is 7.61. The van der Waals surface area contributed by atoms with E-state index in [2.05, 4.69) is 0 Å². The maximum absolute atomic E-state index is 12.1. The third-order valence-electron chi connectivity index (χ3n) is 2.20. The Labute approximate surface area is 136 Å². The molecule has 0 saturated carbocycles. The van der Waals surface area contributed by atoms with Crippen LogP contribution in [0.1, 0.15) is 41.5 Å². The fourth-order valence-electron chi connectivity index (χ4n) is 1.27. The van der Waals surface area contributed by atoms with Crippen molar-refractivity contribution in [3.05, 3.63) is 0 Å². The summed E-state index contributed by atoms with van der Waals surface area (Å²) in [4.78, 5) is 24.8. The van der Waals surface area contributed by atoms with Crippen LogP contribution < -0.4 is 0 Å². The van der Waals surface area contributed by atoms with Gasteiger partial charge in [-0.3, -0.25) is 0 Å². The number of hydrogen-bond acceptors (Lipinski definition) is 6. The second-order valence-corrected chi connectivity index (χ2v) is 7.17. The molecule has 8 heteroatoms. The molecule has 0 fully saturated rings. The number of carbonyl (C=O) groups is 2. The van der Waals surface area contributed by atoms with Crippen LogP contribution in [0.25, 0.3) is 0 Å². The Morgan fingerprint density at radius 1 is 0.955 bits per heavy atom. The zero-order chi connectivity index (χ0) is 17.7. The van der Waals surface area contributed by atoms with Gasteiger partial charge in [-0.2, -0.15) is 0 Å². The molecule has 0 aromatic carbocycles. The molecule has 0 saturated heterocycles. The number of aliphatic hydroxyl groups is 2. The molecule has 0 rings (SSSR count). The fraction of sp³-hybridized carbons (Fsp3) is 0.857. The minimum atomic E-state index is -1.41. The number of rotatable bonds is 4. The van der Waals surface area contributed by atoms with Gasteiger partial charge in [0.15, 0.2) is 0 Å². The molecule has 130 valence electrons. The summed E-state index contributed by atoms with van der Waals surface area (Å²) in [5.41, 5.74) is -1.65. The zero-order valence-electron chi connectivity index (χ0n) is 13.9. The second kappa shape index (κ2) is 7.99. The van der Waals surface area contributed by atoms with Crippen LogP contribution in [0, 0.1) is 0 Å². The van der Waals surface area contributed by atoms with Gasteiger partial charge in [0.2, 0.25) is 0 Å². The van der Waals surface area contributed by atoms with E-state index in [0.717, 1.165) is 0 Å². The van der Waals surface area contributed by atoms with E-state index in [1.54, 1.807) is 41.5 Å². The van der Waals surface area contributed by atoms with E-state index in [1.165, 1.54) is 0 Å². The van der Waals surface area contributed by atoms with Gasteiger partial charge in [-0.25, -0.2) is 14.5 Å². The monoisotopic (exact) mass is 339 g/mol. The van der Waals surface area contributed by atoms with Crippen molar-refractivity contribution >= 4 is 23.8 Å². The predicted molar refractivity (Wildman–Crippen MR) is 81.9 cm³/mol. The molecular formula is C14H26ClNO6. The van der Waals surface area contributed by atoms with Crippen LogP contribution >= 0.6 is 11.6 Å². The normalized spacial score (nSPS) is 15.0. The van der Waals surface area contributed by atoms with Crippen molar-refractivity contribution in [3.8, 4) is 0 Å². The Bertz CT molecular complexity index is 360. The Morgan fingerprint density at radius 3 is 1.59 bits per heavy atom. The summed E-state index contributed by atoms with van der Waals surface area (Å²) in [6.45, 7) is 9.36. The van der Waals surface area contributed by atoms with Gasteiger partial charge >= 0.3 is 12.2 Å². The van der Waals surface area contributed by atoms with Gasteiger partial charge < -0.3 is 19.7 Å². The van der Waals surface area contributed by atoms with Gasteiger partial charge in [0.25, 0.3) is 0 Å². The fourth-order valence-corrected chi connectivity index (χ4v) is 1.47. The standard InChI is InChI=1S/C14H26ClNO6/c1-13(2,3)21-11(19)16(8-10(18)9(17)7-15)12(20)22-14(4,5)6/h9-10,17-18H,7-8H2,1-6H3. The lowest BCUT2D eigenvalue weighted by Crippen LogP contribution is -2.49. The predicted octanol–water partition coefficient (Wildman–Crippen LogP) is 2.12. The SMILES string of the molecule is CC(C)(C)OC(=O)N(CC(O)C(O)CCl)C(=O)OC(C)(C)C. The maximum Gasteiger partial charge on any atom is 0.419 e. The van der Waals surface area contributed by atoms with Crippen molar-refractivity contribution in [1.29, 1.82) is 0 Å². The molecule has 0 radical (unpaired) electrons. The van der Waals surface area contributed by atoms with Crippen LogP contribution in [0.4, 0.5) is 9.59 Å². The molecular weight excluding hydrogens is 314 g/mol. The molecule has 7 nitrogen and oxygen atoms in total. The Balaban J connectivity index is 5.14. The van der Waals surface area contributed by atoms with E-state index in [0.29, 0.717) is 4.90 Å². The zero-order valence-corrected chi connectivity index (χ0v) is 14.7. The van der Waals surface area contributed by atoms with Gasteiger partial charge in [-0.15, -0.1) is 11.6 Å². The number of halogens is 1. The quantitative estimate of drug-likeness (QED) is 0.761. The molecule has 2 atom stereocenters. The lowest BCUT2D eigenvalue weighted by atomic mass is 10.2. The van der Waals surface area contributed by atoms with Gasteiger partial charge in [0, 0.05) is 0 Å². The average molecular weight is 340 g/mol. The van der Waals surface area contributed by atoms with Crippen LogP contribution in [0.5, 0.6) is 0 Å². The minimum Gasteiger partial charge on any atom is -0.443 e. The topological polar surface area (TPSA) is 96.3 Å². The van der Waals surface area contributed by atoms with E-state index in [-0.39, 0.29) is 5.88 Å². The largest absolute Gasteiger partial charge is 0.443 e. The number of alkyl halides is 1. The third kappa shape index (κ3) is 8.41. The molecule has 0 bridgehead atoms. The van der Waals surface area contributed by atoms with Gasteiger partial charge in [-0.05, 0) is 41.5 Å². The highest BCUT2D eigenvalue weighted by molar-refractivity contribution is 6.18. The Morgan fingerprint density at radius 2 is 1.32 bits per heavy atom. The van der Waals surface area contributed by atoms with E-state index in [9.17, 15) is 19.8 Å². The summed E-state index contributed by atoms with van der Waals surface area (Å²) < 4.78 is 10.2. The molecule has 2 amide bonds. The summed E-state index contributed by atoms with van der Waals surface area (Å²) in [5.74, 6) is -0.238. The summed E-state index contributed by atoms with van der Waals surface area (Å²) >= 11 is 5.44. The summed E-state index contributed by atoms with van der Waals surface area (Å²) in [7, 11) is 0. The van der Waals surface area contributed by atoms with Crippen LogP contribution in [0.3, 0.4) is 0 Å². The van der Waals surface area contributed by atoms with Gasteiger partial charge in [0.05, 0.1) is 24.6 Å². The van der Waals surface area contributed by atoms with Crippen LogP contribution in [0.2, 0.25) is 0 Å². The molecule has 2 N–H and O–H groups in total. The number of carbonyl (C=O) groups excluding carboxylic acids is 2. The van der Waals surface area contributed by atoms with Crippen molar-refractivity contribution in [1.82, 2.24) is 4.90 Å². The van der Waals surface area contributed by atoms with E-state index in [1.807, 2.05) is 0 Å². The third-order valence-corrected chi connectivity index (χ3v) is 2.52. The number of amides is 2. The van der Waals surface area contributed by atoms with E-state index < -0.39 is 42.1 Å². The Hall–Kier alpha value is -1.05. The van der Waals surface area contributed by atoms with Crippen molar-refractivity contribution in [3.63, 3.8) is 0 Å². The van der Waals surface area contributed by atoms with Crippen LogP contribution in [0.15, 0.2) is 0 Å². The van der Waals surface area contributed by atoms with E-state index >= 15 is 0 Å². The number of ether oxygens (including phenoxy) is 2. The van der Waals surface area contributed by atoms with E-state index in [4.69, 9.17) is 21.1 Å². The molecule has 0 spiro atoms. The van der Waals surface area contributed by atoms with Crippen molar-refractivity contribution in [2.45, 2.75) is 65.0 Å². The van der Waals surface area contributed by atoms with Crippen LogP contribution in [-0.2, 0) is 9.47 Å². The molecule has 0 aromatic rings. The summed E-state index contributed by atoms with van der Waals surface area (Å²) in [6, 6.07) is 0. The smallest absolute Gasteiger partial charge is 0.419 e. The van der Waals surface area contributed by atoms with Gasteiger partial charge in [-0.1, -0.05) is 0 Å². The minimum absolute atomic E-state index is 0.238. The van der Waals surface area contributed by atoms with Crippen LogP contribution in [-0.4, -0.2) is 63.1 Å². The number of aliphatic hydroxyl groups excluding tert-OH is 2. The van der Waals surface area contributed by atoms with Crippen molar-refractivity contribution < 1.29 is 29.3 Å². The first kappa shape index (κ1) is 20.9.